The van der Waals surface area contributed by atoms with Gasteiger partial charge in [0.25, 0.3) is 0 Å². The molecule has 0 atom stereocenters. The first-order valence-corrected chi connectivity index (χ1v) is 6.38. The molecule has 1 heterocycles. The van der Waals surface area contributed by atoms with Crippen LogP contribution in [0.1, 0.15) is 22.4 Å². The van der Waals surface area contributed by atoms with Crippen molar-refractivity contribution in [3.05, 3.63) is 65.0 Å². The first-order valence-electron chi connectivity index (χ1n) is 6.38. The molecule has 20 heavy (non-hydrogen) atoms. The molecule has 0 aliphatic heterocycles. The monoisotopic (exact) mass is 270 g/mol. The highest BCUT2D eigenvalue weighted by Crippen LogP contribution is 2.05. The van der Waals surface area contributed by atoms with E-state index >= 15 is 0 Å². The third kappa shape index (κ3) is 3.80. The van der Waals surface area contributed by atoms with Crippen molar-refractivity contribution in [1.29, 1.82) is 0 Å². The van der Waals surface area contributed by atoms with E-state index in [-0.39, 0.29) is 5.84 Å². The Balaban J connectivity index is 1.92. The van der Waals surface area contributed by atoms with E-state index in [2.05, 4.69) is 46.6 Å². The Hall–Kier alpha value is -2.40. The number of benzene rings is 1. The third-order valence-corrected chi connectivity index (χ3v) is 2.97. The third-order valence-electron chi connectivity index (χ3n) is 2.97. The van der Waals surface area contributed by atoms with Crippen LogP contribution in [0.4, 0.5) is 0 Å². The summed E-state index contributed by atoms with van der Waals surface area (Å²) in [6.45, 7) is 3.56. The summed E-state index contributed by atoms with van der Waals surface area (Å²) in [5, 5.41) is 14.9. The standard InChI is InChI=1S/C15H18N4O/c1-11-2-4-12(5-3-11)9-17-10-13-6-7-18-14(8-13)15(16)19-20/h2-8,17,20H,9-10H2,1H3,(H2,16,19). The largest absolute Gasteiger partial charge is 0.409 e. The fraction of sp³-hybridized carbons (Fsp3) is 0.200. The summed E-state index contributed by atoms with van der Waals surface area (Å²) in [7, 11) is 0. The molecular weight excluding hydrogens is 252 g/mol. The maximum atomic E-state index is 8.63. The number of nitrogens with one attached hydrogen (secondary N) is 1. The molecule has 0 spiro atoms. The Morgan fingerprint density at radius 3 is 2.60 bits per heavy atom. The summed E-state index contributed by atoms with van der Waals surface area (Å²) in [4.78, 5) is 4.04. The Kier molecular flexibility index (Phi) is 4.68. The number of nitrogens with zero attached hydrogens (tertiary/aromatic N) is 2. The van der Waals surface area contributed by atoms with Crippen LogP contribution in [-0.4, -0.2) is 16.0 Å². The van der Waals surface area contributed by atoms with Crippen molar-refractivity contribution >= 4 is 5.84 Å². The van der Waals surface area contributed by atoms with Crippen molar-refractivity contribution in [1.82, 2.24) is 10.3 Å². The molecule has 104 valence electrons. The van der Waals surface area contributed by atoms with Gasteiger partial charge in [-0.05, 0) is 30.2 Å². The lowest BCUT2D eigenvalue weighted by Crippen LogP contribution is -2.17. The van der Waals surface area contributed by atoms with Crippen LogP contribution in [0.2, 0.25) is 0 Å². The molecule has 5 heteroatoms. The number of amidine groups is 1. The van der Waals surface area contributed by atoms with E-state index in [1.165, 1.54) is 11.1 Å². The molecule has 0 radical (unpaired) electrons. The molecular formula is C15H18N4O. The Bertz CT molecular complexity index is 593. The van der Waals surface area contributed by atoms with Crippen LogP contribution in [0.3, 0.4) is 0 Å². The van der Waals surface area contributed by atoms with Gasteiger partial charge in [-0.3, -0.25) is 4.98 Å². The molecule has 2 aromatic rings. The quantitative estimate of drug-likeness (QED) is 0.335. The highest BCUT2D eigenvalue weighted by atomic mass is 16.4. The number of aromatic nitrogens is 1. The van der Waals surface area contributed by atoms with Crippen LogP contribution in [0.15, 0.2) is 47.8 Å². The highest BCUT2D eigenvalue weighted by molar-refractivity contribution is 5.95. The van der Waals surface area contributed by atoms with Gasteiger partial charge in [0, 0.05) is 19.3 Å². The zero-order valence-electron chi connectivity index (χ0n) is 11.4. The van der Waals surface area contributed by atoms with Gasteiger partial charge >= 0.3 is 0 Å². The normalized spacial score (nSPS) is 11.6. The van der Waals surface area contributed by atoms with Gasteiger partial charge in [-0.2, -0.15) is 0 Å². The molecule has 0 aliphatic rings. The number of aryl methyl sites for hydroxylation is 1. The predicted octanol–water partition coefficient (Wildman–Crippen LogP) is 1.77. The lowest BCUT2D eigenvalue weighted by Gasteiger charge is -2.06. The SMILES string of the molecule is Cc1ccc(CNCc2ccnc(C(N)=NO)c2)cc1. The van der Waals surface area contributed by atoms with Crippen molar-refractivity contribution in [2.75, 3.05) is 0 Å². The van der Waals surface area contributed by atoms with Crippen LogP contribution < -0.4 is 11.1 Å². The second kappa shape index (κ2) is 6.68. The van der Waals surface area contributed by atoms with Crippen molar-refractivity contribution in [3.8, 4) is 0 Å². The van der Waals surface area contributed by atoms with Crippen LogP contribution in [0, 0.1) is 6.92 Å². The molecule has 4 N–H and O–H groups in total. The van der Waals surface area contributed by atoms with E-state index in [9.17, 15) is 0 Å². The van der Waals surface area contributed by atoms with Gasteiger partial charge in [0.05, 0.1) is 0 Å². The highest BCUT2D eigenvalue weighted by Gasteiger charge is 2.02. The molecule has 0 bridgehead atoms. The molecule has 1 aromatic carbocycles. The minimum absolute atomic E-state index is 0.0189. The van der Waals surface area contributed by atoms with Gasteiger partial charge < -0.3 is 16.3 Å². The predicted molar refractivity (Wildman–Crippen MR) is 78.5 cm³/mol. The average Bonchev–Trinajstić information content (AvgIpc) is 2.49. The van der Waals surface area contributed by atoms with Gasteiger partial charge in [-0.1, -0.05) is 35.0 Å². The Labute approximate surface area is 118 Å². The average molecular weight is 270 g/mol. The minimum atomic E-state index is 0.0189. The molecule has 2 rings (SSSR count). The number of nitrogens with two attached hydrogens (primary N) is 1. The van der Waals surface area contributed by atoms with E-state index in [4.69, 9.17) is 10.9 Å². The summed E-state index contributed by atoms with van der Waals surface area (Å²) in [6.07, 6.45) is 1.65. The topological polar surface area (TPSA) is 83.5 Å². The van der Waals surface area contributed by atoms with Gasteiger partial charge in [-0.15, -0.1) is 0 Å². The second-order valence-electron chi connectivity index (χ2n) is 4.62. The fourth-order valence-electron chi connectivity index (χ4n) is 1.83. The Morgan fingerprint density at radius 2 is 1.90 bits per heavy atom. The zero-order valence-corrected chi connectivity index (χ0v) is 11.4. The molecule has 0 fully saturated rings. The summed E-state index contributed by atoms with van der Waals surface area (Å²) in [5.74, 6) is 0.0189. The lowest BCUT2D eigenvalue weighted by atomic mass is 10.1. The first kappa shape index (κ1) is 14.0. The molecule has 0 aliphatic carbocycles. The summed E-state index contributed by atoms with van der Waals surface area (Å²) in [5.41, 5.74) is 9.52. The van der Waals surface area contributed by atoms with E-state index in [0.717, 1.165) is 12.1 Å². The van der Waals surface area contributed by atoms with Gasteiger partial charge in [-0.25, -0.2) is 0 Å². The van der Waals surface area contributed by atoms with Crippen LogP contribution in [0.5, 0.6) is 0 Å². The molecule has 5 nitrogen and oxygen atoms in total. The number of pyridine rings is 1. The number of hydrogen-bond donors (Lipinski definition) is 3. The van der Waals surface area contributed by atoms with E-state index in [1.54, 1.807) is 12.3 Å². The van der Waals surface area contributed by atoms with Crippen molar-refractivity contribution < 1.29 is 5.21 Å². The maximum Gasteiger partial charge on any atom is 0.188 e. The number of hydrogen-bond acceptors (Lipinski definition) is 4. The second-order valence-corrected chi connectivity index (χ2v) is 4.62. The van der Waals surface area contributed by atoms with Crippen LogP contribution in [0.25, 0.3) is 0 Å². The smallest absolute Gasteiger partial charge is 0.188 e. The summed E-state index contributed by atoms with van der Waals surface area (Å²) >= 11 is 0. The molecule has 0 saturated heterocycles. The van der Waals surface area contributed by atoms with E-state index in [1.807, 2.05) is 6.07 Å². The number of oxime groups is 1. The lowest BCUT2D eigenvalue weighted by molar-refractivity contribution is 0.318. The summed E-state index contributed by atoms with van der Waals surface area (Å²) < 4.78 is 0. The van der Waals surface area contributed by atoms with E-state index < -0.39 is 0 Å². The van der Waals surface area contributed by atoms with Crippen LogP contribution >= 0.6 is 0 Å². The molecule has 0 unspecified atom stereocenters. The van der Waals surface area contributed by atoms with Gasteiger partial charge in [0.1, 0.15) is 5.69 Å². The molecule has 1 aromatic heterocycles. The Morgan fingerprint density at radius 1 is 1.20 bits per heavy atom. The van der Waals surface area contributed by atoms with Crippen LogP contribution in [-0.2, 0) is 13.1 Å². The maximum absolute atomic E-state index is 8.63. The van der Waals surface area contributed by atoms with E-state index in [0.29, 0.717) is 12.2 Å². The number of rotatable bonds is 5. The minimum Gasteiger partial charge on any atom is -0.409 e. The zero-order chi connectivity index (χ0) is 14.4. The summed E-state index contributed by atoms with van der Waals surface area (Å²) in [6, 6.07) is 12.1. The van der Waals surface area contributed by atoms with Crippen molar-refractivity contribution in [2.24, 2.45) is 10.9 Å². The van der Waals surface area contributed by atoms with Crippen molar-refractivity contribution in [2.45, 2.75) is 20.0 Å². The molecule has 0 amide bonds. The first-order chi connectivity index (χ1) is 9.69. The van der Waals surface area contributed by atoms with Gasteiger partial charge in [0.2, 0.25) is 0 Å². The molecule has 0 saturated carbocycles. The fourth-order valence-corrected chi connectivity index (χ4v) is 1.83. The van der Waals surface area contributed by atoms with Gasteiger partial charge in [0.15, 0.2) is 5.84 Å². The van der Waals surface area contributed by atoms with Crippen molar-refractivity contribution in [3.63, 3.8) is 0 Å².